The van der Waals surface area contributed by atoms with Crippen molar-refractivity contribution in [1.29, 1.82) is 0 Å². The smallest absolute Gasteiger partial charge is 0.258 e. The number of hydrogen-bond acceptors (Lipinski definition) is 7. The topological polar surface area (TPSA) is 140 Å². The van der Waals surface area contributed by atoms with Gasteiger partial charge in [-0.2, -0.15) is 5.10 Å². The molecule has 13 heteroatoms. The van der Waals surface area contributed by atoms with Gasteiger partial charge in [-0.3, -0.25) is 9.52 Å². The fraction of sp³-hybridized carbons (Fsp3) is 0.118. The highest BCUT2D eigenvalue weighted by atomic mass is 35.5. The number of pyridine rings is 1. The summed E-state index contributed by atoms with van der Waals surface area (Å²) in [5, 5.41) is 6.81. The van der Waals surface area contributed by atoms with E-state index in [0.29, 0.717) is 0 Å². The Morgan fingerprint density at radius 2 is 1.80 bits per heavy atom. The van der Waals surface area contributed by atoms with Crippen LogP contribution in [0.3, 0.4) is 0 Å². The average Bonchev–Trinajstić information content (AvgIpc) is 3.09. The van der Waals surface area contributed by atoms with Crippen LogP contribution in [-0.4, -0.2) is 50.0 Å². The third kappa shape index (κ3) is 5.34. The molecule has 3 rings (SSSR count). The Morgan fingerprint density at radius 3 is 2.47 bits per heavy atom. The summed E-state index contributed by atoms with van der Waals surface area (Å²) in [6.07, 6.45) is 6.02. The van der Waals surface area contributed by atoms with E-state index in [4.69, 9.17) is 11.6 Å². The highest BCUT2D eigenvalue weighted by Crippen LogP contribution is 2.24. The Morgan fingerprint density at radius 1 is 1.10 bits per heavy atom. The van der Waals surface area contributed by atoms with Gasteiger partial charge in [-0.1, -0.05) is 11.6 Å². The number of hydrogen-bond donors (Lipinski definition) is 2. The summed E-state index contributed by atoms with van der Waals surface area (Å²) in [7, 11) is -7.09. The molecule has 0 saturated carbocycles. The predicted octanol–water partition coefficient (Wildman–Crippen LogP) is 1.95. The van der Waals surface area contributed by atoms with Crippen LogP contribution in [-0.2, 0) is 19.9 Å². The largest absolute Gasteiger partial charge is 0.322 e. The molecule has 0 unspecified atom stereocenters. The third-order valence-corrected chi connectivity index (χ3v) is 5.61. The number of benzene rings is 1. The summed E-state index contributed by atoms with van der Waals surface area (Å²) >= 11 is 5.98. The van der Waals surface area contributed by atoms with Gasteiger partial charge in [0.1, 0.15) is 4.90 Å². The number of nitrogens with one attached hydrogen (secondary N) is 2. The van der Waals surface area contributed by atoms with Gasteiger partial charge < -0.3 is 5.32 Å². The Kier molecular flexibility index (Phi) is 5.83. The van der Waals surface area contributed by atoms with Crippen LogP contribution >= 0.6 is 11.6 Å². The predicted molar refractivity (Wildman–Crippen MR) is 112 cm³/mol. The van der Waals surface area contributed by atoms with Crippen LogP contribution in [0.2, 0.25) is 5.02 Å². The van der Waals surface area contributed by atoms with Crippen molar-refractivity contribution >= 4 is 48.7 Å². The normalized spacial score (nSPS) is 11.8. The number of carbonyl (C=O) groups excluding carboxylic acids is 1. The van der Waals surface area contributed by atoms with Crippen molar-refractivity contribution in [3.05, 3.63) is 59.5 Å². The van der Waals surface area contributed by atoms with Crippen LogP contribution in [0.25, 0.3) is 5.82 Å². The molecule has 10 nitrogen and oxygen atoms in total. The van der Waals surface area contributed by atoms with Gasteiger partial charge in [0.25, 0.3) is 5.91 Å². The van der Waals surface area contributed by atoms with Gasteiger partial charge in [0, 0.05) is 29.4 Å². The molecule has 158 valence electrons. The standard InChI is InChI=1S/C17H16ClN5O5S2/c1-29(25,26)15-4-3-5-19-16(15)23-10-11(9-20-23)17(24)21-13-6-12(18)7-14(8-13)22-30(2,27)28/h3-10,22H,1-2H3,(H,21,24). The van der Waals surface area contributed by atoms with Crippen LogP contribution in [0.5, 0.6) is 0 Å². The van der Waals surface area contributed by atoms with Crippen molar-refractivity contribution in [1.82, 2.24) is 14.8 Å². The summed E-state index contributed by atoms with van der Waals surface area (Å²) in [5.41, 5.74) is 0.557. The minimum absolute atomic E-state index is 0.0357. The summed E-state index contributed by atoms with van der Waals surface area (Å²) in [6, 6.07) is 7.11. The Balaban J connectivity index is 1.87. The van der Waals surface area contributed by atoms with Crippen LogP contribution < -0.4 is 10.0 Å². The second-order valence-corrected chi connectivity index (χ2v) is 10.5. The molecule has 0 aliphatic rings. The maximum atomic E-state index is 12.6. The molecule has 0 atom stereocenters. The van der Waals surface area contributed by atoms with Gasteiger partial charge in [0.05, 0.1) is 23.7 Å². The maximum Gasteiger partial charge on any atom is 0.258 e. The van der Waals surface area contributed by atoms with Crippen molar-refractivity contribution in [3.8, 4) is 5.82 Å². The molecule has 2 heterocycles. The third-order valence-electron chi connectivity index (χ3n) is 3.67. The first-order valence-electron chi connectivity index (χ1n) is 8.22. The van der Waals surface area contributed by atoms with Gasteiger partial charge in [-0.05, 0) is 30.3 Å². The van der Waals surface area contributed by atoms with Gasteiger partial charge in [-0.25, -0.2) is 26.5 Å². The number of nitrogens with zero attached hydrogens (tertiary/aromatic N) is 3. The average molecular weight is 470 g/mol. The lowest BCUT2D eigenvalue weighted by Gasteiger charge is -2.09. The molecule has 1 amide bonds. The molecular formula is C17H16ClN5O5S2. The molecule has 0 aliphatic heterocycles. The molecule has 0 radical (unpaired) electrons. The highest BCUT2D eigenvalue weighted by Gasteiger charge is 2.18. The highest BCUT2D eigenvalue weighted by molar-refractivity contribution is 7.92. The second-order valence-electron chi connectivity index (χ2n) is 6.33. The summed E-state index contributed by atoms with van der Waals surface area (Å²) in [6.45, 7) is 0. The van der Waals surface area contributed by atoms with Crippen molar-refractivity contribution < 1.29 is 21.6 Å². The Labute approximate surface area is 177 Å². The molecule has 3 aromatic rings. The first-order chi connectivity index (χ1) is 13.9. The Hall–Kier alpha value is -2.96. The summed E-state index contributed by atoms with van der Waals surface area (Å²) in [5.74, 6) is -0.507. The van der Waals surface area contributed by atoms with E-state index in [1.807, 2.05) is 0 Å². The minimum Gasteiger partial charge on any atom is -0.322 e. The Bertz CT molecular complexity index is 1340. The lowest BCUT2D eigenvalue weighted by molar-refractivity contribution is 0.102. The number of halogens is 1. The first kappa shape index (κ1) is 21.7. The van der Waals surface area contributed by atoms with Crippen molar-refractivity contribution in [2.24, 2.45) is 0 Å². The van der Waals surface area contributed by atoms with E-state index in [-0.39, 0.29) is 32.7 Å². The maximum absolute atomic E-state index is 12.6. The van der Waals surface area contributed by atoms with E-state index in [9.17, 15) is 21.6 Å². The number of sulfone groups is 1. The fourth-order valence-corrected chi connectivity index (χ4v) is 4.12. The summed E-state index contributed by atoms with van der Waals surface area (Å²) < 4.78 is 50.2. The van der Waals surface area contributed by atoms with Crippen LogP contribution in [0.1, 0.15) is 10.4 Å². The second kappa shape index (κ2) is 8.05. The number of amides is 1. The van der Waals surface area contributed by atoms with Crippen LogP contribution in [0.4, 0.5) is 11.4 Å². The SMILES string of the molecule is CS(=O)(=O)Nc1cc(Cl)cc(NC(=O)c2cnn(-c3ncccc3S(C)(=O)=O)c2)c1. The van der Waals surface area contributed by atoms with Crippen molar-refractivity contribution in [3.63, 3.8) is 0 Å². The molecule has 0 saturated heterocycles. The van der Waals surface area contributed by atoms with E-state index in [2.05, 4.69) is 20.1 Å². The number of anilines is 2. The van der Waals surface area contributed by atoms with E-state index in [1.165, 1.54) is 53.6 Å². The monoisotopic (exact) mass is 469 g/mol. The molecule has 0 spiro atoms. The number of aromatic nitrogens is 3. The number of carbonyl (C=O) groups is 1. The molecule has 2 aromatic heterocycles. The molecular weight excluding hydrogens is 454 g/mol. The molecule has 0 fully saturated rings. The van der Waals surface area contributed by atoms with E-state index < -0.39 is 25.8 Å². The summed E-state index contributed by atoms with van der Waals surface area (Å²) in [4.78, 5) is 16.6. The molecule has 0 aliphatic carbocycles. The molecule has 1 aromatic carbocycles. The zero-order chi connectivity index (χ0) is 22.1. The minimum atomic E-state index is -3.56. The zero-order valence-electron chi connectivity index (χ0n) is 15.7. The van der Waals surface area contributed by atoms with Crippen LogP contribution in [0.15, 0.2) is 53.8 Å². The van der Waals surface area contributed by atoms with Gasteiger partial charge in [-0.15, -0.1) is 0 Å². The van der Waals surface area contributed by atoms with Gasteiger partial charge in [0.15, 0.2) is 15.7 Å². The number of sulfonamides is 1. The van der Waals surface area contributed by atoms with E-state index in [1.54, 1.807) is 0 Å². The number of rotatable bonds is 6. The van der Waals surface area contributed by atoms with E-state index >= 15 is 0 Å². The quantitative estimate of drug-likeness (QED) is 0.562. The van der Waals surface area contributed by atoms with Gasteiger partial charge >= 0.3 is 0 Å². The molecule has 2 N–H and O–H groups in total. The first-order valence-corrected chi connectivity index (χ1v) is 12.4. The van der Waals surface area contributed by atoms with Crippen molar-refractivity contribution in [2.45, 2.75) is 4.90 Å². The molecule has 0 bridgehead atoms. The lowest BCUT2D eigenvalue weighted by atomic mass is 10.2. The molecule has 30 heavy (non-hydrogen) atoms. The lowest BCUT2D eigenvalue weighted by Crippen LogP contribution is -2.13. The zero-order valence-corrected chi connectivity index (χ0v) is 18.1. The van der Waals surface area contributed by atoms with Crippen molar-refractivity contribution in [2.75, 3.05) is 22.6 Å². The van der Waals surface area contributed by atoms with Crippen LogP contribution in [0, 0.1) is 0 Å². The van der Waals surface area contributed by atoms with E-state index in [0.717, 1.165) is 12.5 Å². The van der Waals surface area contributed by atoms with Gasteiger partial charge in [0.2, 0.25) is 10.0 Å². The fourth-order valence-electron chi connectivity index (χ4n) is 2.54.